The Morgan fingerprint density at radius 1 is 1.52 bits per heavy atom. The fourth-order valence-corrected chi connectivity index (χ4v) is 2.47. The van der Waals surface area contributed by atoms with Gasteiger partial charge in [-0.05, 0) is 26.0 Å². The summed E-state index contributed by atoms with van der Waals surface area (Å²) in [6.07, 6.45) is 1.93. The van der Waals surface area contributed by atoms with E-state index in [-0.39, 0.29) is 41.3 Å². The molecule has 1 unspecified atom stereocenters. The summed E-state index contributed by atoms with van der Waals surface area (Å²) in [6, 6.07) is 4.58. The number of rotatable bonds is 3. The number of para-hydroxylation sites is 1. The maximum absolute atomic E-state index is 12.5. The van der Waals surface area contributed by atoms with E-state index in [0.717, 1.165) is 12.8 Å². The highest BCUT2D eigenvalue weighted by molar-refractivity contribution is 6.01. The van der Waals surface area contributed by atoms with Gasteiger partial charge in [0.2, 0.25) is 0 Å². The molecule has 0 radical (unpaired) electrons. The summed E-state index contributed by atoms with van der Waals surface area (Å²) in [5, 5.41) is 14.0. The van der Waals surface area contributed by atoms with Crippen LogP contribution in [0.15, 0.2) is 18.2 Å². The van der Waals surface area contributed by atoms with Crippen molar-refractivity contribution < 1.29 is 9.72 Å². The molecule has 1 fully saturated rings. The van der Waals surface area contributed by atoms with Crippen molar-refractivity contribution in [3.05, 3.63) is 33.9 Å². The molecule has 21 heavy (non-hydrogen) atoms. The molecule has 0 spiro atoms. The van der Waals surface area contributed by atoms with Gasteiger partial charge in [-0.1, -0.05) is 6.07 Å². The third-order valence-electron chi connectivity index (χ3n) is 3.63. The molecule has 8 heteroatoms. The molecule has 116 valence electrons. The minimum atomic E-state index is -0.571. The maximum atomic E-state index is 12.5. The fraction of sp³-hybridized carbons (Fsp3) is 0.462. The molecule has 0 aromatic heterocycles. The first-order chi connectivity index (χ1) is 9.54. The lowest BCUT2D eigenvalue weighted by atomic mass is 10.0. The van der Waals surface area contributed by atoms with Crippen LogP contribution in [0.2, 0.25) is 0 Å². The molecule has 1 atom stereocenters. The maximum Gasteiger partial charge on any atom is 0.292 e. The van der Waals surface area contributed by atoms with Gasteiger partial charge >= 0.3 is 0 Å². The third-order valence-corrected chi connectivity index (χ3v) is 3.63. The molecular weight excluding hydrogens is 296 g/mol. The number of piperidine rings is 1. The topological polar surface area (TPSA) is 102 Å². The largest absolute Gasteiger partial charge is 0.393 e. The van der Waals surface area contributed by atoms with Gasteiger partial charge in [-0.25, -0.2) is 0 Å². The Morgan fingerprint density at radius 2 is 2.24 bits per heavy atom. The molecule has 1 aromatic rings. The molecule has 0 bridgehead atoms. The molecule has 1 aliphatic heterocycles. The van der Waals surface area contributed by atoms with Gasteiger partial charge in [0.1, 0.15) is 5.69 Å². The van der Waals surface area contributed by atoms with Crippen molar-refractivity contribution in [2.24, 2.45) is 0 Å². The third kappa shape index (κ3) is 3.62. The Hall–Kier alpha value is -1.86. The summed E-state index contributed by atoms with van der Waals surface area (Å²) in [5.74, 6) is -0.244. The van der Waals surface area contributed by atoms with E-state index in [1.165, 1.54) is 18.2 Å². The Morgan fingerprint density at radius 3 is 2.86 bits per heavy atom. The Labute approximate surface area is 129 Å². The van der Waals surface area contributed by atoms with Crippen molar-refractivity contribution in [3.63, 3.8) is 0 Å². The van der Waals surface area contributed by atoms with E-state index in [9.17, 15) is 14.9 Å². The van der Waals surface area contributed by atoms with Crippen LogP contribution in [0.5, 0.6) is 0 Å². The van der Waals surface area contributed by atoms with Gasteiger partial charge in [-0.3, -0.25) is 14.9 Å². The lowest BCUT2D eigenvalue weighted by Crippen LogP contribution is -2.47. The number of amides is 1. The summed E-state index contributed by atoms with van der Waals surface area (Å²) >= 11 is 0. The summed E-state index contributed by atoms with van der Waals surface area (Å²) in [5.41, 5.74) is 5.67. The van der Waals surface area contributed by atoms with Crippen LogP contribution in [-0.2, 0) is 0 Å². The van der Waals surface area contributed by atoms with E-state index >= 15 is 0 Å². The molecule has 0 saturated carbocycles. The number of nitrogens with zero attached hydrogens (tertiary/aromatic N) is 2. The highest BCUT2D eigenvalue weighted by Gasteiger charge is 2.27. The Bertz CT molecular complexity index is 538. The Kier molecular flexibility index (Phi) is 5.92. The molecule has 2 rings (SSSR count). The molecule has 3 N–H and O–H groups in total. The smallest absolute Gasteiger partial charge is 0.292 e. The van der Waals surface area contributed by atoms with E-state index in [0.29, 0.717) is 13.1 Å². The van der Waals surface area contributed by atoms with Crippen molar-refractivity contribution in [2.75, 3.05) is 25.9 Å². The molecule has 1 aromatic carbocycles. The number of nitrogens with one attached hydrogen (secondary N) is 1. The van der Waals surface area contributed by atoms with Crippen LogP contribution in [0, 0.1) is 10.1 Å². The Balaban J connectivity index is 0.00000220. The van der Waals surface area contributed by atoms with Gasteiger partial charge in [0.15, 0.2) is 0 Å². The SMILES string of the molecule is CNC1CCCN(C(=O)c2cccc([N+](=O)[O-])c2N)C1.Cl. The van der Waals surface area contributed by atoms with Gasteiger partial charge in [0.25, 0.3) is 11.6 Å². The summed E-state index contributed by atoms with van der Waals surface area (Å²) in [6.45, 7) is 1.25. The predicted molar refractivity (Wildman–Crippen MR) is 82.7 cm³/mol. The monoisotopic (exact) mass is 314 g/mol. The fourth-order valence-electron chi connectivity index (χ4n) is 2.47. The number of anilines is 1. The predicted octanol–water partition coefficient (Wildman–Crippen LogP) is 1.42. The zero-order valence-corrected chi connectivity index (χ0v) is 12.6. The quantitative estimate of drug-likeness (QED) is 0.499. The van der Waals surface area contributed by atoms with E-state index in [1.807, 2.05) is 7.05 Å². The number of nitro benzene ring substituents is 1. The second-order valence-electron chi connectivity index (χ2n) is 4.87. The van der Waals surface area contributed by atoms with Gasteiger partial charge in [0, 0.05) is 25.2 Å². The number of nitro groups is 1. The van der Waals surface area contributed by atoms with Crippen LogP contribution in [-0.4, -0.2) is 41.9 Å². The van der Waals surface area contributed by atoms with Crippen LogP contribution in [0.4, 0.5) is 11.4 Å². The van der Waals surface area contributed by atoms with Crippen molar-refractivity contribution in [3.8, 4) is 0 Å². The standard InChI is InChI=1S/C13H18N4O3.ClH/c1-15-9-4-3-7-16(8-9)13(18)10-5-2-6-11(12(10)14)17(19)20;/h2,5-6,9,15H,3-4,7-8,14H2,1H3;1H. The van der Waals surface area contributed by atoms with E-state index in [1.54, 1.807) is 4.90 Å². The van der Waals surface area contributed by atoms with Gasteiger partial charge in [0.05, 0.1) is 10.5 Å². The van der Waals surface area contributed by atoms with Crippen molar-refractivity contribution >= 4 is 29.7 Å². The lowest BCUT2D eigenvalue weighted by molar-refractivity contribution is -0.383. The van der Waals surface area contributed by atoms with E-state index < -0.39 is 4.92 Å². The van der Waals surface area contributed by atoms with Crippen molar-refractivity contribution in [1.82, 2.24) is 10.2 Å². The lowest BCUT2D eigenvalue weighted by Gasteiger charge is -2.32. The van der Waals surface area contributed by atoms with Crippen LogP contribution in [0.3, 0.4) is 0 Å². The number of nitrogens with two attached hydrogens (primary N) is 1. The first-order valence-electron chi connectivity index (χ1n) is 6.54. The van der Waals surface area contributed by atoms with E-state index in [2.05, 4.69) is 5.32 Å². The zero-order valence-electron chi connectivity index (χ0n) is 11.7. The highest BCUT2D eigenvalue weighted by atomic mass is 35.5. The van der Waals surface area contributed by atoms with Crippen LogP contribution in [0.1, 0.15) is 23.2 Å². The average molecular weight is 315 g/mol. The first-order valence-corrected chi connectivity index (χ1v) is 6.54. The molecule has 0 aliphatic carbocycles. The number of carbonyl (C=O) groups excluding carboxylic acids is 1. The molecular formula is C13H19ClN4O3. The first kappa shape index (κ1) is 17.2. The van der Waals surface area contributed by atoms with Crippen LogP contribution < -0.4 is 11.1 Å². The number of hydrogen-bond donors (Lipinski definition) is 2. The summed E-state index contributed by atoms with van der Waals surface area (Å²) < 4.78 is 0. The minimum absolute atomic E-state index is 0. The second-order valence-corrected chi connectivity index (χ2v) is 4.87. The summed E-state index contributed by atoms with van der Waals surface area (Å²) in [4.78, 5) is 24.4. The highest BCUT2D eigenvalue weighted by Crippen LogP contribution is 2.26. The molecule has 7 nitrogen and oxygen atoms in total. The number of nitrogen functional groups attached to an aromatic ring is 1. The normalized spacial score (nSPS) is 18.0. The summed E-state index contributed by atoms with van der Waals surface area (Å²) in [7, 11) is 1.86. The average Bonchev–Trinajstić information content (AvgIpc) is 2.46. The van der Waals surface area contributed by atoms with Gasteiger partial charge < -0.3 is 16.0 Å². The van der Waals surface area contributed by atoms with Crippen molar-refractivity contribution in [1.29, 1.82) is 0 Å². The van der Waals surface area contributed by atoms with Crippen LogP contribution >= 0.6 is 12.4 Å². The number of benzene rings is 1. The van der Waals surface area contributed by atoms with Gasteiger partial charge in [-0.15, -0.1) is 12.4 Å². The molecule has 1 heterocycles. The van der Waals surface area contributed by atoms with E-state index in [4.69, 9.17) is 5.73 Å². The number of hydrogen-bond acceptors (Lipinski definition) is 5. The second kappa shape index (κ2) is 7.24. The van der Waals surface area contributed by atoms with Crippen LogP contribution in [0.25, 0.3) is 0 Å². The number of halogens is 1. The molecule has 1 saturated heterocycles. The molecule has 1 aliphatic rings. The molecule has 1 amide bonds. The van der Waals surface area contributed by atoms with Crippen molar-refractivity contribution in [2.45, 2.75) is 18.9 Å². The minimum Gasteiger partial charge on any atom is -0.393 e. The number of likely N-dealkylation sites (N-methyl/N-ethyl adjacent to an activating group) is 1. The number of likely N-dealkylation sites (tertiary alicyclic amines) is 1. The van der Waals surface area contributed by atoms with Gasteiger partial charge in [-0.2, -0.15) is 0 Å². The number of carbonyl (C=O) groups is 1. The zero-order chi connectivity index (χ0) is 14.7.